The molecular formula is C16H17N3O. The summed E-state index contributed by atoms with van der Waals surface area (Å²) in [6.07, 6.45) is 1.35. The summed E-state index contributed by atoms with van der Waals surface area (Å²) in [5, 5.41) is 8.97. The predicted octanol–water partition coefficient (Wildman–Crippen LogP) is 2.56. The third-order valence-electron chi connectivity index (χ3n) is 3.30. The van der Waals surface area contributed by atoms with E-state index in [4.69, 9.17) is 5.26 Å². The lowest BCUT2D eigenvalue weighted by Crippen LogP contribution is -2.28. The fourth-order valence-electron chi connectivity index (χ4n) is 2.31. The maximum Gasteiger partial charge on any atom is 0.258 e. The van der Waals surface area contributed by atoms with E-state index in [0.717, 1.165) is 11.3 Å². The highest BCUT2D eigenvalue weighted by Gasteiger charge is 2.15. The van der Waals surface area contributed by atoms with Crippen LogP contribution in [0, 0.1) is 11.3 Å². The Balaban J connectivity index is 2.76. The van der Waals surface area contributed by atoms with Gasteiger partial charge in [-0.3, -0.25) is 9.36 Å². The maximum atomic E-state index is 12.5. The Kier molecular flexibility index (Phi) is 4.31. The molecular weight excluding hydrogens is 250 g/mol. The molecule has 0 aliphatic rings. The molecule has 0 amide bonds. The average molecular weight is 267 g/mol. The van der Waals surface area contributed by atoms with Crippen LogP contribution in [0.5, 0.6) is 0 Å². The molecule has 0 unspecified atom stereocenters. The first-order valence-corrected chi connectivity index (χ1v) is 6.77. The summed E-state index contributed by atoms with van der Waals surface area (Å²) in [6, 6.07) is 11.6. The number of benzene rings is 1. The van der Waals surface area contributed by atoms with Crippen LogP contribution in [0.15, 0.2) is 35.1 Å². The van der Waals surface area contributed by atoms with Crippen LogP contribution in [0.4, 0.5) is 0 Å². The van der Waals surface area contributed by atoms with Gasteiger partial charge in [0.1, 0.15) is 12.4 Å². The molecule has 1 heterocycles. The standard InChI is InChI=1S/C16H17N3O/c1-3-13-14(4-2)18-15(12-8-6-5-7-9-12)19(11-10-17)16(13)20/h5-9H,3-4,11H2,1-2H3. The third-order valence-corrected chi connectivity index (χ3v) is 3.30. The molecule has 0 N–H and O–H groups in total. The van der Waals surface area contributed by atoms with Crippen molar-refractivity contribution in [2.45, 2.75) is 33.2 Å². The summed E-state index contributed by atoms with van der Waals surface area (Å²) in [5.74, 6) is 0.575. The maximum absolute atomic E-state index is 12.5. The summed E-state index contributed by atoms with van der Waals surface area (Å²) in [7, 11) is 0. The highest BCUT2D eigenvalue weighted by Crippen LogP contribution is 2.17. The Hall–Kier alpha value is -2.41. The van der Waals surface area contributed by atoms with Gasteiger partial charge in [-0.1, -0.05) is 44.2 Å². The minimum absolute atomic E-state index is 0.0209. The highest BCUT2D eigenvalue weighted by atomic mass is 16.1. The minimum atomic E-state index is -0.0975. The Bertz CT molecular complexity index is 696. The van der Waals surface area contributed by atoms with E-state index in [1.165, 1.54) is 4.57 Å². The first-order valence-electron chi connectivity index (χ1n) is 6.77. The molecule has 0 aliphatic carbocycles. The summed E-state index contributed by atoms with van der Waals surface area (Å²) in [5.41, 5.74) is 2.30. The van der Waals surface area contributed by atoms with Gasteiger partial charge in [-0.25, -0.2) is 4.98 Å². The van der Waals surface area contributed by atoms with Crippen LogP contribution < -0.4 is 5.56 Å². The first kappa shape index (κ1) is 14.0. The molecule has 102 valence electrons. The molecule has 20 heavy (non-hydrogen) atoms. The lowest BCUT2D eigenvalue weighted by molar-refractivity contribution is 0.738. The van der Waals surface area contributed by atoms with Gasteiger partial charge in [-0.15, -0.1) is 0 Å². The molecule has 1 aromatic carbocycles. The van der Waals surface area contributed by atoms with Crippen molar-refractivity contribution in [1.29, 1.82) is 5.26 Å². The SMILES string of the molecule is CCc1nc(-c2ccccc2)n(CC#N)c(=O)c1CC. The smallest absolute Gasteiger partial charge is 0.258 e. The number of hydrogen-bond acceptors (Lipinski definition) is 3. The monoisotopic (exact) mass is 267 g/mol. The number of nitriles is 1. The van der Waals surface area contributed by atoms with Gasteiger partial charge in [0, 0.05) is 11.1 Å². The molecule has 0 radical (unpaired) electrons. The van der Waals surface area contributed by atoms with E-state index in [1.54, 1.807) is 0 Å². The number of nitrogens with zero attached hydrogens (tertiary/aromatic N) is 3. The molecule has 2 rings (SSSR count). The summed E-state index contributed by atoms with van der Waals surface area (Å²) >= 11 is 0. The Labute approximate surface area is 118 Å². The Morgan fingerprint density at radius 1 is 1.20 bits per heavy atom. The second kappa shape index (κ2) is 6.16. The van der Waals surface area contributed by atoms with Crippen molar-refractivity contribution < 1.29 is 0 Å². The van der Waals surface area contributed by atoms with E-state index in [1.807, 2.05) is 50.2 Å². The van der Waals surface area contributed by atoms with Crippen LogP contribution in [0.1, 0.15) is 25.1 Å². The van der Waals surface area contributed by atoms with E-state index in [9.17, 15) is 4.79 Å². The molecule has 1 aromatic heterocycles. The fraction of sp³-hybridized carbons (Fsp3) is 0.312. The second-order valence-corrected chi connectivity index (χ2v) is 4.48. The number of rotatable bonds is 4. The second-order valence-electron chi connectivity index (χ2n) is 4.48. The van der Waals surface area contributed by atoms with Crippen molar-refractivity contribution in [2.24, 2.45) is 0 Å². The van der Waals surface area contributed by atoms with Gasteiger partial charge in [0.25, 0.3) is 5.56 Å². The van der Waals surface area contributed by atoms with E-state index in [2.05, 4.69) is 4.98 Å². The molecule has 2 aromatic rings. The molecule has 4 nitrogen and oxygen atoms in total. The van der Waals surface area contributed by atoms with Crippen LogP contribution in [0.25, 0.3) is 11.4 Å². The summed E-state index contributed by atoms with van der Waals surface area (Å²) in [4.78, 5) is 17.2. The van der Waals surface area contributed by atoms with Crippen LogP contribution in [-0.4, -0.2) is 9.55 Å². The zero-order valence-corrected chi connectivity index (χ0v) is 11.8. The number of aromatic nitrogens is 2. The van der Waals surface area contributed by atoms with Crippen LogP contribution in [-0.2, 0) is 19.4 Å². The molecule has 0 aliphatic heterocycles. The molecule has 0 atom stereocenters. The molecule has 0 bridgehead atoms. The molecule has 0 fully saturated rings. The van der Waals surface area contributed by atoms with Crippen LogP contribution in [0.3, 0.4) is 0 Å². The fourth-order valence-corrected chi connectivity index (χ4v) is 2.31. The molecule has 0 saturated carbocycles. The van der Waals surface area contributed by atoms with Crippen molar-refractivity contribution >= 4 is 0 Å². The summed E-state index contributed by atoms with van der Waals surface area (Å²) in [6.45, 7) is 3.95. The predicted molar refractivity (Wildman–Crippen MR) is 78.3 cm³/mol. The van der Waals surface area contributed by atoms with Crippen molar-refractivity contribution in [2.75, 3.05) is 0 Å². The quantitative estimate of drug-likeness (QED) is 0.855. The Morgan fingerprint density at radius 2 is 1.90 bits per heavy atom. The largest absolute Gasteiger partial charge is 0.278 e. The molecule has 4 heteroatoms. The van der Waals surface area contributed by atoms with Crippen LogP contribution in [0.2, 0.25) is 0 Å². The van der Waals surface area contributed by atoms with Gasteiger partial charge < -0.3 is 0 Å². The molecule has 0 saturated heterocycles. The van der Waals surface area contributed by atoms with Gasteiger partial charge >= 0.3 is 0 Å². The normalized spacial score (nSPS) is 10.2. The Morgan fingerprint density at radius 3 is 2.45 bits per heavy atom. The first-order chi connectivity index (χ1) is 9.72. The van der Waals surface area contributed by atoms with Gasteiger partial charge in [0.2, 0.25) is 0 Å². The third kappa shape index (κ3) is 2.48. The zero-order chi connectivity index (χ0) is 14.5. The van der Waals surface area contributed by atoms with Gasteiger partial charge in [-0.05, 0) is 12.8 Å². The zero-order valence-electron chi connectivity index (χ0n) is 11.8. The van der Waals surface area contributed by atoms with E-state index in [0.29, 0.717) is 24.2 Å². The topological polar surface area (TPSA) is 58.7 Å². The van der Waals surface area contributed by atoms with E-state index < -0.39 is 0 Å². The van der Waals surface area contributed by atoms with Gasteiger partial charge in [0.15, 0.2) is 0 Å². The molecule has 0 spiro atoms. The van der Waals surface area contributed by atoms with Gasteiger partial charge in [-0.2, -0.15) is 5.26 Å². The van der Waals surface area contributed by atoms with Crippen molar-refractivity contribution in [3.05, 3.63) is 51.9 Å². The van der Waals surface area contributed by atoms with E-state index >= 15 is 0 Å². The average Bonchev–Trinajstić information content (AvgIpc) is 2.49. The lowest BCUT2D eigenvalue weighted by Gasteiger charge is -2.14. The minimum Gasteiger partial charge on any atom is -0.278 e. The highest BCUT2D eigenvalue weighted by molar-refractivity contribution is 5.55. The van der Waals surface area contributed by atoms with Crippen molar-refractivity contribution in [3.8, 4) is 17.5 Å². The number of aryl methyl sites for hydroxylation is 1. The van der Waals surface area contributed by atoms with Crippen molar-refractivity contribution in [1.82, 2.24) is 9.55 Å². The lowest BCUT2D eigenvalue weighted by atomic mass is 10.1. The summed E-state index contributed by atoms with van der Waals surface area (Å²) < 4.78 is 1.47. The van der Waals surface area contributed by atoms with E-state index in [-0.39, 0.29) is 12.1 Å². The van der Waals surface area contributed by atoms with Crippen molar-refractivity contribution in [3.63, 3.8) is 0 Å². The number of hydrogen-bond donors (Lipinski definition) is 0. The van der Waals surface area contributed by atoms with Crippen LogP contribution >= 0.6 is 0 Å². The van der Waals surface area contributed by atoms with Gasteiger partial charge in [0.05, 0.1) is 11.8 Å².